The molecule has 2 heterocycles. The van der Waals surface area contributed by atoms with Crippen molar-refractivity contribution in [2.45, 2.75) is 19.3 Å². The Labute approximate surface area is 158 Å². The van der Waals surface area contributed by atoms with Crippen molar-refractivity contribution in [3.63, 3.8) is 0 Å². The third-order valence-corrected chi connectivity index (χ3v) is 4.69. The van der Waals surface area contributed by atoms with Crippen molar-refractivity contribution in [1.29, 1.82) is 0 Å². The van der Waals surface area contributed by atoms with E-state index in [-0.39, 0.29) is 17.5 Å². The lowest BCUT2D eigenvalue weighted by atomic mass is 10.1. The zero-order valence-corrected chi connectivity index (χ0v) is 15.6. The number of amides is 2. The van der Waals surface area contributed by atoms with Gasteiger partial charge in [0.1, 0.15) is 0 Å². The standard InChI is InChI=1S/C20H25N3O4/c1-26-14-13-23(12-9-19(24)22-10-5-6-11-22)20(25)17-15-18(27-21-17)16-7-3-2-4-8-16/h2-4,7-8,15H,5-6,9-14H2,1H3. The van der Waals surface area contributed by atoms with E-state index in [1.165, 1.54) is 0 Å². The second kappa shape index (κ2) is 9.32. The molecule has 1 aliphatic rings. The minimum Gasteiger partial charge on any atom is -0.383 e. The first-order valence-corrected chi connectivity index (χ1v) is 9.27. The van der Waals surface area contributed by atoms with Gasteiger partial charge in [-0.1, -0.05) is 35.5 Å². The third-order valence-electron chi connectivity index (χ3n) is 4.69. The van der Waals surface area contributed by atoms with Crippen molar-refractivity contribution >= 4 is 11.8 Å². The van der Waals surface area contributed by atoms with E-state index in [2.05, 4.69) is 5.16 Å². The lowest BCUT2D eigenvalue weighted by Crippen LogP contribution is -2.38. The van der Waals surface area contributed by atoms with Crippen LogP contribution in [0.25, 0.3) is 11.3 Å². The Hall–Kier alpha value is -2.67. The lowest BCUT2D eigenvalue weighted by Gasteiger charge is -2.22. The van der Waals surface area contributed by atoms with Gasteiger partial charge >= 0.3 is 0 Å². The number of carbonyl (C=O) groups is 2. The second-order valence-corrected chi connectivity index (χ2v) is 6.57. The lowest BCUT2D eigenvalue weighted by molar-refractivity contribution is -0.130. The average molecular weight is 371 g/mol. The predicted octanol–water partition coefficient (Wildman–Crippen LogP) is 2.44. The number of benzene rings is 1. The maximum atomic E-state index is 12.9. The zero-order valence-electron chi connectivity index (χ0n) is 15.6. The Kier molecular flexibility index (Phi) is 6.59. The summed E-state index contributed by atoms with van der Waals surface area (Å²) in [7, 11) is 1.58. The van der Waals surface area contributed by atoms with E-state index in [1.807, 2.05) is 35.2 Å². The van der Waals surface area contributed by atoms with Crippen LogP contribution in [0.15, 0.2) is 40.9 Å². The zero-order chi connectivity index (χ0) is 19.1. The number of rotatable bonds is 8. The molecule has 1 aliphatic heterocycles. The van der Waals surface area contributed by atoms with Gasteiger partial charge < -0.3 is 19.1 Å². The topological polar surface area (TPSA) is 75.9 Å². The molecule has 1 fully saturated rings. The van der Waals surface area contributed by atoms with Crippen LogP contribution in [-0.2, 0) is 9.53 Å². The van der Waals surface area contributed by atoms with Crippen molar-refractivity contribution in [3.8, 4) is 11.3 Å². The van der Waals surface area contributed by atoms with Gasteiger partial charge in [0.2, 0.25) is 5.91 Å². The number of hydrogen-bond donors (Lipinski definition) is 0. The Bertz CT molecular complexity index is 754. The monoisotopic (exact) mass is 371 g/mol. The summed E-state index contributed by atoms with van der Waals surface area (Å²) in [6.07, 6.45) is 2.41. The number of likely N-dealkylation sites (tertiary alicyclic amines) is 1. The van der Waals surface area contributed by atoms with Crippen LogP contribution in [0.5, 0.6) is 0 Å². The highest BCUT2D eigenvalue weighted by molar-refractivity contribution is 5.93. The number of methoxy groups -OCH3 is 1. The van der Waals surface area contributed by atoms with E-state index in [4.69, 9.17) is 9.26 Å². The highest BCUT2D eigenvalue weighted by atomic mass is 16.5. The van der Waals surface area contributed by atoms with Crippen molar-refractivity contribution in [2.75, 3.05) is 39.9 Å². The summed E-state index contributed by atoms with van der Waals surface area (Å²) in [5, 5.41) is 3.92. The smallest absolute Gasteiger partial charge is 0.276 e. The minimum atomic E-state index is -0.257. The van der Waals surface area contributed by atoms with Gasteiger partial charge in [-0.05, 0) is 12.8 Å². The molecule has 1 saturated heterocycles. The fourth-order valence-corrected chi connectivity index (χ4v) is 3.15. The molecule has 7 nitrogen and oxygen atoms in total. The van der Waals surface area contributed by atoms with Crippen LogP contribution < -0.4 is 0 Å². The molecule has 3 rings (SSSR count). The van der Waals surface area contributed by atoms with E-state index in [1.54, 1.807) is 18.1 Å². The van der Waals surface area contributed by atoms with E-state index < -0.39 is 0 Å². The van der Waals surface area contributed by atoms with E-state index in [9.17, 15) is 9.59 Å². The summed E-state index contributed by atoms with van der Waals surface area (Å²) < 4.78 is 10.4. The van der Waals surface area contributed by atoms with Crippen molar-refractivity contribution in [3.05, 3.63) is 42.1 Å². The van der Waals surface area contributed by atoms with Gasteiger partial charge in [-0.3, -0.25) is 9.59 Å². The SMILES string of the molecule is COCCN(CCC(=O)N1CCCC1)C(=O)c1cc(-c2ccccc2)on1. The fraction of sp³-hybridized carbons (Fsp3) is 0.450. The molecule has 7 heteroatoms. The van der Waals surface area contributed by atoms with Gasteiger partial charge in [-0.2, -0.15) is 0 Å². The quantitative estimate of drug-likeness (QED) is 0.712. The first-order chi connectivity index (χ1) is 13.2. The van der Waals surface area contributed by atoms with Crippen LogP contribution in [0.1, 0.15) is 29.8 Å². The van der Waals surface area contributed by atoms with Gasteiger partial charge in [-0.15, -0.1) is 0 Å². The largest absolute Gasteiger partial charge is 0.383 e. The Morgan fingerprint density at radius 3 is 2.63 bits per heavy atom. The summed E-state index contributed by atoms with van der Waals surface area (Å²) in [5.41, 5.74) is 1.09. The normalized spacial score (nSPS) is 13.7. The molecule has 1 aromatic carbocycles. The van der Waals surface area contributed by atoms with Gasteiger partial charge in [0.15, 0.2) is 11.5 Å². The van der Waals surface area contributed by atoms with E-state index in [0.29, 0.717) is 31.9 Å². The number of nitrogens with zero attached hydrogens (tertiary/aromatic N) is 3. The summed E-state index contributed by atoms with van der Waals surface area (Å²) in [6.45, 7) is 2.76. The molecule has 0 saturated carbocycles. The molecule has 2 aromatic rings. The molecule has 0 bridgehead atoms. The molecule has 0 unspecified atom stereocenters. The molecule has 0 aliphatic carbocycles. The van der Waals surface area contributed by atoms with Crippen molar-refractivity contribution in [2.24, 2.45) is 0 Å². The highest BCUT2D eigenvalue weighted by Crippen LogP contribution is 2.20. The molecule has 2 amide bonds. The number of ether oxygens (including phenoxy) is 1. The summed E-state index contributed by atoms with van der Waals surface area (Å²) in [6, 6.07) is 11.1. The number of hydrogen-bond acceptors (Lipinski definition) is 5. The molecule has 1 aromatic heterocycles. The maximum absolute atomic E-state index is 12.9. The average Bonchev–Trinajstić information content (AvgIpc) is 3.40. The van der Waals surface area contributed by atoms with Crippen LogP contribution in [0.2, 0.25) is 0 Å². The summed E-state index contributed by atoms with van der Waals surface area (Å²) in [4.78, 5) is 28.6. The first kappa shape index (κ1) is 19.1. The van der Waals surface area contributed by atoms with Crippen molar-refractivity contribution in [1.82, 2.24) is 15.0 Å². The maximum Gasteiger partial charge on any atom is 0.276 e. The van der Waals surface area contributed by atoms with Crippen LogP contribution in [0.3, 0.4) is 0 Å². The van der Waals surface area contributed by atoms with Gasteiger partial charge in [-0.25, -0.2) is 0 Å². The van der Waals surface area contributed by atoms with Gasteiger partial charge in [0, 0.05) is 51.3 Å². The second-order valence-electron chi connectivity index (χ2n) is 6.57. The molecule has 27 heavy (non-hydrogen) atoms. The fourth-order valence-electron chi connectivity index (χ4n) is 3.15. The minimum absolute atomic E-state index is 0.0906. The Morgan fingerprint density at radius 2 is 1.93 bits per heavy atom. The Balaban J connectivity index is 1.65. The Morgan fingerprint density at radius 1 is 1.19 bits per heavy atom. The van der Waals surface area contributed by atoms with Crippen LogP contribution in [0, 0.1) is 0 Å². The van der Waals surface area contributed by atoms with Crippen LogP contribution >= 0.6 is 0 Å². The molecule has 0 atom stereocenters. The van der Waals surface area contributed by atoms with E-state index in [0.717, 1.165) is 31.5 Å². The summed E-state index contributed by atoms with van der Waals surface area (Å²) >= 11 is 0. The number of aromatic nitrogens is 1. The van der Waals surface area contributed by atoms with E-state index >= 15 is 0 Å². The molecule has 0 N–H and O–H groups in total. The molecule has 0 spiro atoms. The highest BCUT2D eigenvalue weighted by Gasteiger charge is 2.23. The van der Waals surface area contributed by atoms with Crippen LogP contribution in [-0.4, -0.2) is 66.7 Å². The first-order valence-electron chi connectivity index (χ1n) is 9.27. The molecule has 0 radical (unpaired) electrons. The molecule has 144 valence electrons. The van der Waals surface area contributed by atoms with Gasteiger partial charge in [0.05, 0.1) is 6.61 Å². The van der Waals surface area contributed by atoms with Gasteiger partial charge in [0.25, 0.3) is 5.91 Å². The van der Waals surface area contributed by atoms with Crippen LogP contribution in [0.4, 0.5) is 0 Å². The molecular formula is C20H25N3O4. The third kappa shape index (κ3) is 4.95. The molecular weight excluding hydrogens is 346 g/mol. The predicted molar refractivity (Wildman–Crippen MR) is 100 cm³/mol. The van der Waals surface area contributed by atoms with Crippen molar-refractivity contribution < 1.29 is 18.8 Å². The summed E-state index contributed by atoms with van der Waals surface area (Å²) in [5.74, 6) is 0.374. The number of carbonyl (C=O) groups excluding carboxylic acids is 2.